The number of carbonyl (C=O) groups excluding carboxylic acids is 2. The van der Waals surface area contributed by atoms with Crippen molar-refractivity contribution in [1.29, 1.82) is 0 Å². The van der Waals surface area contributed by atoms with Crippen LogP contribution < -0.4 is 0 Å². The van der Waals surface area contributed by atoms with Crippen LogP contribution in [0.15, 0.2) is 122 Å². The number of amides is 2. The number of ether oxygens (including phenoxy) is 4. The summed E-state index contributed by atoms with van der Waals surface area (Å²) in [5, 5.41) is 0. The van der Waals surface area contributed by atoms with Crippen LogP contribution in [0.1, 0.15) is 73.4 Å². The molecule has 4 saturated heterocycles. The van der Waals surface area contributed by atoms with E-state index >= 15 is 0 Å². The second kappa shape index (κ2) is 17.3. The molecule has 2 amide bonds. The van der Waals surface area contributed by atoms with Gasteiger partial charge in [0.25, 0.3) is 0 Å². The summed E-state index contributed by atoms with van der Waals surface area (Å²) >= 11 is 0. The van der Waals surface area contributed by atoms with Crippen molar-refractivity contribution in [3.05, 3.63) is 144 Å². The third-order valence-electron chi connectivity index (χ3n) is 13.5. The van der Waals surface area contributed by atoms with Crippen molar-refractivity contribution in [2.75, 3.05) is 39.5 Å². The van der Waals surface area contributed by atoms with Crippen LogP contribution >= 0.6 is 0 Å². The van der Waals surface area contributed by atoms with Crippen LogP contribution in [0.4, 0.5) is 9.59 Å². The Kier molecular flexibility index (Phi) is 11.1. The molecular weight excluding hydrogens is 781 g/mol. The first kappa shape index (κ1) is 39.9. The SMILES string of the molecule is O=C(OCc1ccccc1)N1CC2(CCOCC2)CC1c1nc(-c2ccc(-c3ccc(-c4cnc([C@@H]5CC6(CCOCC6)CN5C(=O)OCc5ccccc5)[nH]4)cc3)cc2)c[nH]1. The lowest BCUT2D eigenvalue weighted by molar-refractivity contribution is 0.0181. The molecule has 6 aromatic rings. The minimum Gasteiger partial charge on any atom is -0.445 e. The van der Waals surface area contributed by atoms with E-state index in [9.17, 15) is 9.59 Å². The van der Waals surface area contributed by atoms with E-state index in [1.54, 1.807) is 0 Å². The highest BCUT2D eigenvalue weighted by atomic mass is 16.6. The second-order valence-electron chi connectivity index (χ2n) is 17.5. The molecule has 2 spiro atoms. The number of imidazole rings is 2. The molecule has 4 aliphatic heterocycles. The van der Waals surface area contributed by atoms with Gasteiger partial charge in [0, 0.05) is 51.3 Å². The van der Waals surface area contributed by atoms with Gasteiger partial charge in [-0.25, -0.2) is 19.6 Å². The fourth-order valence-electron chi connectivity index (χ4n) is 9.91. The molecule has 62 heavy (non-hydrogen) atoms. The van der Waals surface area contributed by atoms with Crippen LogP contribution in [0.5, 0.6) is 0 Å². The van der Waals surface area contributed by atoms with Crippen LogP contribution in [0, 0.1) is 10.8 Å². The average molecular weight is 833 g/mol. The maximum atomic E-state index is 13.6. The Hall–Kier alpha value is -6.24. The standard InChI is InChI=1S/C50H52N6O6/c57-47(61-31-35-7-3-1-4-8-35)55-33-49(19-23-59-24-20-49)27-43(55)45-51-29-41(53-45)39-15-11-37(12-16-39)38-13-17-40(18-14-38)42-30-52-46(54-42)44-28-50(21-25-60-26-22-50)34-56(44)48(58)62-32-36-9-5-2-6-10-36/h1-18,29-30,43-44H,19-28,31-34H2,(H,51,53)(H,52,54)/t43-,44?/m0/s1. The van der Waals surface area contributed by atoms with Gasteiger partial charge in [-0.2, -0.15) is 0 Å². The van der Waals surface area contributed by atoms with Crippen molar-refractivity contribution in [3.8, 4) is 33.6 Å². The van der Waals surface area contributed by atoms with Crippen LogP contribution in [0.3, 0.4) is 0 Å². The zero-order chi connectivity index (χ0) is 41.9. The van der Waals surface area contributed by atoms with Crippen molar-refractivity contribution < 1.29 is 28.5 Å². The van der Waals surface area contributed by atoms with E-state index < -0.39 is 0 Å². The molecule has 4 aliphatic rings. The lowest BCUT2D eigenvalue weighted by atomic mass is 9.78. The van der Waals surface area contributed by atoms with E-state index in [1.165, 1.54) is 0 Å². The first-order valence-corrected chi connectivity index (χ1v) is 21.8. The van der Waals surface area contributed by atoms with Crippen LogP contribution in [-0.4, -0.2) is 81.4 Å². The molecule has 12 nitrogen and oxygen atoms in total. The monoisotopic (exact) mass is 832 g/mol. The van der Waals surface area contributed by atoms with E-state index in [0.717, 1.165) is 94.9 Å². The number of aromatic nitrogens is 4. The molecule has 0 bridgehead atoms. The molecule has 10 rings (SSSR count). The number of nitrogens with one attached hydrogen (secondary N) is 2. The van der Waals surface area contributed by atoms with Gasteiger partial charge >= 0.3 is 12.2 Å². The van der Waals surface area contributed by atoms with E-state index in [2.05, 4.69) is 58.5 Å². The van der Waals surface area contributed by atoms with Gasteiger partial charge in [-0.15, -0.1) is 0 Å². The van der Waals surface area contributed by atoms with E-state index in [-0.39, 0.29) is 48.3 Å². The summed E-state index contributed by atoms with van der Waals surface area (Å²) in [6.07, 6.45) is 8.45. The van der Waals surface area contributed by atoms with Crippen LogP contribution in [0.2, 0.25) is 0 Å². The molecule has 0 saturated carbocycles. The van der Waals surface area contributed by atoms with Crippen molar-refractivity contribution in [2.24, 2.45) is 10.8 Å². The number of hydrogen-bond acceptors (Lipinski definition) is 8. The largest absolute Gasteiger partial charge is 0.445 e. The third-order valence-corrected chi connectivity index (χ3v) is 13.5. The molecule has 1 unspecified atom stereocenters. The van der Waals surface area contributed by atoms with Crippen molar-refractivity contribution >= 4 is 12.2 Å². The summed E-state index contributed by atoms with van der Waals surface area (Å²) < 4.78 is 23.1. The fourth-order valence-corrected chi connectivity index (χ4v) is 9.91. The van der Waals surface area contributed by atoms with Gasteiger partial charge in [0.05, 0.1) is 29.7 Å². The van der Waals surface area contributed by atoms with Gasteiger partial charge in [-0.3, -0.25) is 9.80 Å². The molecule has 0 aliphatic carbocycles. The highest BCUT2D eigenvalue weighted by Crippen LogP contribution is 2.50. The number of nitrogens with zero attached hydrogens (tertiary/aromatic N) is 4. The van der Waals surface area contributed by atoms with E-state index in [1.807, 2.05) is 82.9 Å². The smallest absolute Gasteiger partial charge is 0.410 e. The van der Waals surface area contributed by atoms with Gasteiger partial charge in [0.1, 0.15) is 24.9 Å². The molecule has 0 radical (unpaired) electrons. The molecule has 2 N–H and O–H groups in total. The van der Waals surface area contributed by atoms with Gasteiger partial charge in [-0.05, 0) is 77.2 Å². The van der Waals surface area contributed by atoms with Gasteiger partial charge in [-0.1, -0.05) is 109 Å². The minimum atomic E-state index is -0.316. The molecule has 318 valence electrons. The number of carbonyl (C=O) groups is 2. The Morgan fingerprint density at radius 2 is 1.08 bits per heavy atom. The maximum absolute atomic E-state index is 13.6. The summed E-state index contributed by atoms with van der Waals surface area (Å²) in [6.45, 7) is 4.52. The van der Waals surface area contributed by atoms with E-state index in [4.69, 9.17) is 28.9 Å². The van der Waals surface area contributed by atoms with Crippen molar-refractivity contribution in [1.82, 2.24) is 29.7 Å². The topological polar surface area (TPSA) is 135 Å². The van der Waals surface area contributed by atoms with Crippen molar-refractivity contribution in [3.63, 3.8) is 0 Å². The number of likely N-dealkylation sites (tertiary alicyclic amines) is 2. The van der Waals surface area contributed by atoms with Gasteiger partial charge < -0.3 is 28.9 Å². The quantitative estimate of drug-likeness (QED) is 0.147. The molecular formula is C50H52N6O6. The third kappa shape index (κ3) is 8.36. The Bertz CT molecular complexity index is 2280. The zero-order valence-electron chi connectivity index (χ0n) is 34.8. The van der Waals surface area contributed by atoms with Crippen LogP contribution in [0.25, 0.3) is 33.6 Å². The lowest BCUT2D eigenvalue weighted by Crippen LogP contribution is -2.36. The molecule has 4 aromatic carbocycles. The Morgan fingerprint density at radius 3 is 1.60 bits per heavy atom. The predicted molar refractivity (Wildman–Crippen MR) is 233 cm³/mol. The fraction of sp³-hybridized carbons (Fsp3) is 0.360. The normalized spacial score (nSPS) is 20.5. The highest BCUT2D eigenvalue weighted by molar-refractivity contribution is 5.72. The summed E-state index contributed by atoms with van der Waals surface area (Å²) in [4.78, 5) is 47.8. The zero-order valence-corrected chi connectivity index (χ0v) is 34.8. The summed E-state index contributed by atoms with van der Waals surface area (Å²) in [6, 6.07) is 36.0. The molecule has 2 atom stereocenters. The van der Waals surface area contributed by atoms with Gasteiger partial charge in [0.15, 0.2) is 0 Å². The lowest BCUT2D eigenvalue weighted by Gasteiger charge is -2.32. The Balaban J connectivity index is 0.812. The minimum absolute atomic E-state index is 0.0115. The summed E-state index contributed by atoms with van der Waals surface area (Å²) in [5.41, 5.74) is 7.79. The van der Waals surface area contributed by atoms with E-state index in [0.29, 0.717) is 39.5 Å². The average Bonchev–Trinajstić information content (AvgIpc) is 4.15. The number of rotatable bonds is 9. The van der Waals surface area contributed by atoms with Crippen LogP contribution in [-0.2, 0) is 32.2 Å². The number of aromatic amines is 2. The molecule has 6 heterocycles. The summed E-state index contributed by atoms with van der Waals surface area (Å²) in [7, 11) is 0. The first-order valence-electron chi connectivity index (χ1n) is 21.8. The predicted octanol–water partition coefficient (Wildman–Crippen LogP) is 9.89. The first-order chi connectivity index (χ1) is 30.4. The molecule has 4 fully saturated rings. The highest BCUT2D eigenvalue weighted by Gasteiger charge is 2.50. The maximum Gasteiger partial charge on any atom is 0.410 e. The number of hydrogen-bond donors (Lipinski definition) is 2. The summed E-state index contributed by atoms with van der Waals surface area (Å²) in [5.74, 6) is 1.54. The number of H-pyrrole nitrogens is 2. The van der Waals surface area contributed by atoms with Gasteiger partial charge in [0.2, 0.25) is 0 Å². The number of benzene rings is 4. The van der Waals surface area contributed by atoms with Crippen molar-refractivity contribution in [2.45, 2.75) is 63.8 Å². The molecule has 2 aromatic heterocycles. The second-order valence-corrected chi connectivity index (χ2v) is 17.5. The Labute approximate surface area is 361 Å². The molecule has 12 heteroatoms. The Morgan fingerprint density at radius 1 is 0.613 bits per heavy atom.